The number of phosphoric ester groups is 1. The van der Waals surface area contributed by atoms with E-state index in [9.17, 15) is 19.6 Å². The van der Waals surface area contributed by atoms with Crippen LogP contribution in [0.25, 0.3) is 11.2 Å². The molecule has 1 aliphatic rings. The number of imidazole rings is 1. The molecule has 12 nitrogen and oxygen atoms in total. The number of nitrogens with zero attached hydrogens (tertiary/aromatic N) is 4. The standard InChI is InChI=1S/C11H15N4O8P/c1-14-3-13-9(18)6-10(14)15(4-12-6)11-8(17)7(16)5(23-11)2-22-24(19,20)21/h3-5,7-8,11,16-17H,2H2,1H3,(H2,19,20,21)/t5-,7-,8-,11-/m1/s1. The van der Waals surface area contributed by atoms with Crippen LogP contribution in [0.5, 0.6) is 0 Å². The monoisotopic (exact) mass is 362 g/mol. The van der Waals surface area contributed by atoms with Gasteiger partial charge < -0.3 is 29.3 Å². The van der Waals surface area contributed by atoms with Crippen LogP contribution in [0.3, 0.4) is 0 Å². The van der Waals surface area contributed by atoms with E-state index >= 15 is 0 Å². The molecule has 4 atom stereocenters. The molecule has 2 aromatic rings. The van der Waals surface area contributed by atoms with Crippen molar-refractivity contribution in [2.75, 3.05) is 6.61 Å². The van der Waals surface area contributed by atoms with Gasteiger partial charge in [-0.1, -0.05) is 0 Å². The van der Waals surface area contributed by atoms with E-state index in [1.54, 1.807) is 7.05 Å². The molecule has 0 aliphatic carbocycles. The predicted molar refractivity (Wildman–Crippen MR) is 76.7 cm³/mol. The Labute approximate surface area is 134 Å². The minimum Gasteiger partial charge on any atom is -0.387 e. The van der Waals surface area contributed by atoms with Crippen molar-refractivity contribution in [2.24, 2.45) is 7.05 Å². The maximum Gasteiger partial charge on any atom is 0.469 e. The Morgan fingerprint density at radius 2 is 2.00 bits per heavy atom. The first-order valence-corrected chi connectivity index (χ1v) is 8.32. The third-order valence-electron chi connectivity index (χ3n) is 3.67. The molecule has 3 rings (SSSR count). The Hall–Kier alpha value is -1.66. The average Bonchev–Trinajstić information content (AvgIpc) is 3.05. The molecule has 0 unspecified atom stereocenters. The lowest BCUT2D eigenvalue weighted by Gasteiger charge is -2.18. The highest BCUT2D eigenvalue weighted by Gasteiger charge is 2.45. The molecule has 13 heteroatoms. The fourth-order valence-corrected chi connectivity index (χ4v) is 2.90. The smallest absolute Gasteiger partial charge is 0.387 e. The van der Waals surface area contributed by atoms with Gasteiger partial charge in [-0.25, -0.2) is 9.55 Å². The number of aliphatic hydroxyl groups excluding tert-OH is 2. The molecule has 0 aromatic carbocycles. The van der Waals surface area contributed by atoms with Gasteiger partial charge >= 0.3 is 13.4 Å². The summed E-state index contributed by atoms with van der Waals surface area (Å²) in [4.78, 5) is 36.7. The van der Waals surface area contributed by atoms with Crippen LogP contribution in [0, 0.1) is 0 Å². The number of phosphoric acid groups is 1. The fraction of sp³-hybridized carbons (Fsp3) is 0.545. The molecular weight excluding hydrogens is 347 g/mol. The number of rotatable bonds is 4. The van der Waals surface area contributed by atoms with Gasteiger partial charge in [-0.2, -0.15) is 4.98 Å². The number of aliphatic hydroxyl groups is 2. The number of hydrogen-bond acceptors (Lipinski definition) is 8. The maximum atomic E-state index is 11.7. The van der Waals surface area contributed by atoms with Gasteiger partial charge in [0.2, 0.25) is 0 Å². The molecule has 24 heavy (non-hydrogen) atoms. The molecule has 2 aromatic heterocycles. The van der Waals surface area contributed by atoms with Crippen molar-refractivity contribution in [2.45, 2.75) is 24.5 Å². The topological polar surface area (TPSA) is 169 Å². The largest absolute Gasteiger partial charge is 0.469 e. The van der Waals surface area contributed by atoms with Crippen LogP contribution in [0.1, 0.15) is 6.23 Å². The SMILES string of the molecule is Cn1cnc(=O)c2ncn([C@@H]3O[C@H](COP(=O)(O)O)[C@@H](O)[C@H]3O)c21. The van der Waals surface area contributed by atoms with E-state index in [0.717, 1.165) is 0 Å². The molecule has 3 heterocycles. The second kappa shape index (κ2) is 6.01. The van der Waals surface area contributed by atoms with Gasteiger partial charge in [0.25, 0.3) is 0 Å². The zero-order valence-electron chi connectivity index (χ0n) is 12.3. The third-order valence-corrected chi connectivity index (χ3v) is 4.16. The summed E-state index contributed by atoms with van der Waals surface area (Å²) in [5.41, 5.74) is -0.195. The minimum atomic E-state index is -4.74. The van der Waals surface area contributed by atoms with Crippen LogP contribution in [0.4, 0.5) is 0 Å². The molecule has 0 bridgehead atoms. The van der Waals surface area contributed by atoms with Crippen LogP contribution in [-0.2, 0) is 20.9 Å². The van der Waals surface area contributed by atoms with Gasteiger partial charge in [0.1, 0.15) is 30.3 Å². The lowest BCUT2D eigenvalue weighted by molar-refractivity contribution is -0.0505. The van der Waals surface area contributed by atoms with Gasteiger partial charge in [-0.3, -0.25) is 13.9 Å². The number of aryl methyl sites for hydroxylation is 1. The molecule has 132 valence electrons. The summed E-state index contributed by atoms with van der Waals surface area (Å²) in [6.45, 7) is -0.619. The van der Waals surface area contributed by atoms with E-state index in [0.29, 0.717) is 5.65 Å². The van der Waals surface area contributed by atoms with Gasteiger partial charge in [0.15, 0.2) is 11.7 Å². The van der Waals surface area contributed by atoms with E-state index in [1.165, 1.54) is 21.8 Å². The molecule has 1 saturated heterocycles. The zero-order valence-corrected chi connectivity index (χ0v) is 13.2. The molecule has 0 saturated carbocycles. The highest BCUT2D eigenvalue weighted by atomic mass is 31.2. The van der Waals surface area contributed by atoms with E-state index < -0.39 is 44.5 Å². The van der Waals surface area contributed by atoms with E-state index in [-0.39, 0.29) is 5.52 Å². The number of hydrogen-bond donors (Lipinski definition) is 4. The van der Waals surface area contributed by atoms with Crippen molar-refractivity contribution in [3.8, 4) is 0 Å². The maximum absolute atomic E-state index is 11.7. The summed E-state index contributed by atoms with van der Waals surface area (Å²) < 4.78 is 23.3. The second-order valence-electron chi connectivity index (χ2n) is 5.32. The van der Waals surface area contributed by atoms with Crippen molar-refractivity contribution in [1.82, 2.24) is 19.1 Å². The van der Waals surface area contributed by atoms with Gasteiger partial charge in [0, 0.05) is 7.05 Å². The Morgan fingerprint density at radius 3 is 2.67 bits per heavy atom. The van der Waals surface area contributed by atoms with Crippen LogP contribution in [0.15, 0.2) is 17.4 Å². The van der Waals surface area contributed by atoms with Crippen LogP contribution in [-0.4, -0.2) is 64.0 Å². The van der Waals surface area contributed by atoms with E-state index in [1.807, 2.05) is 0 Å². The summed E-state index contributed by atoms with van der Waals surface area (Å²) in [7, 11) is -3.13. The van der Waals surface area contributed by atoms with Crippen molar-refractivity contribution >= 4 is 19.0 Å². The average molecular weight is 362 g/mol. The Kier molecular flexibility index (Phi) is 4.30. The molecular formula is C11H15N4O8P. The highest BCUT2D eigenvalue weighted by Crippen LogP contribution is 2.38. The van der Waals surface area contributed by atoms with Crippen molar-refractivity contribution in [1.29, 1.82) is 0 Å². The van der Waals surface area contributed by atoms with Gasteiger partial charge in [-0.15, -0.1) is 0 Å². The number of fused-ring (bicyclic) bond motifs is 1. The summed E-state index contributed by atoms with van der Waals surface area (Å²) in [5, 5.41) is 20.2. The Balaban J connectivity index is 1.92. The van der Waals surface area contributed by atoms with Crippen molar-refractivity contribution in [3.05, 3.63) is 23.0 Å². The summed E-state index contributed by atoms with van der Waals surface area (Å²) in [5.74, 6) is 0. The molecule has 4 N–H and O–H groups in total. The van der Waals surface area contributed by atoms with Crippen LogP contribution < -0.4 is 5.56 Å². The van der Waals surface area contributed by atoms with E-state index in [4.69, 9.17) is 14.5 Å². The first-order valence-electron chi connectivity index (χ1n) is 6.79. The van der Waals surface area contributed by atoms with Crippen LogP contribution in [0.2, 0.25) is 0 Å². The lowest BCUT2D eigenvalue weighted by atomic mass is 10.1. The first kappa shape index (κ1) is 17.2. The van der Waals surface area contributed by atoms with Crippen molar-refractivity contribution < 1.29 is 33.8 Å². The Morgan fingerprint density at radius 1 is 1.29 bits per heavy atom. The molecule has 0 spiro atoms. The summed E-state index contributed by atoms with van der Waals surface area (Å²) in [6, 6.07) is 0. The summed E-state index contributed by atoms with van der Waals surface area (Å²) >= 11 is 0. The van der Waals surface area contributed by atoms with E-state index in [2.05, 4.69) is 14.5 Å². The second-order valence-corrected chi connectivity index (χ2v) is 6.56. The zero-order chi connectivity index (χ0) is 17.6. The van der Waals surface area contributed by atoms with Crippen LogP contribution >= 0.6 is 7.82 Å². The molecule has 0 radical (unpaired) electrons. The quantitative estimate of drug-likeness (QED) is 0.440. The normalized spacial score (nSPS) is 27.9. The molecule has 1 fully saturated rings. The predicted octanol–water partition coefficient (Wildman–Crippen LogP) is -2.14. The Bertz CT molecular complexity index is 859. The fourth-order valence-electron chi connectivity index (χ4n) is 2.56. The number of aromatic nitrogens is 4. The van der Waals surface area contributed by atoms with Crippen molar-refractivity contribution in [3.63, 3.8) is 0 Å². The third kappa shape index (κ3) is 3.00. The molecule has 1 aliphatic heterocycles. The number of ether oxygens (including phenoxy) is 1. The molecule has 0 amide bonds. The van der Waals surface area contributed by atoms with Gasteiger partial charge in [-0.05, 0) is 0 Å². The highest BCUT2D eigenvalue weighted by molar-refractivity contribution is 7.46. The minimum absolute atomic E-state index is 0.0557. The first-order chi connectivity index (χ1) is 11.2. The summed E-state index contributed by atoms with van der Waals surface area (Å²) in [6.07, 6.45) is -2.64. The lowest BCUT2D eigenvalue weighted by Crippen LogP contribution is -2.33. The van der Waals surface area contributed by atoms with Gasteiger partial charge in [0.05, 0.1) is 12.9 Å².